The molecule has 0 aliphatic heterocycles. The van der Waals surface area contributed by atoms with Crippen molar-refractivity contribution in [2.24, 2.45) is 0 Å². The summed E-state index contributed by atoms with van der Waals surface area (Å²) in [7, 11) is -3.39. The van der Waals surface area contributed by atoms with Gasteiger partial charge in [-0.25, -0.2) is 8.42 Å². The molecule has 0 heterocycles. The topological polar surface area (TPSA) is 54.4 Å². The van der Waals surface area contributed by atoms with Gasteiger partial charge in [-0.05, 0) is 36.8 Å². The van der Waals surface area contributed by atoms with Crippen molar-refractivity contribution >= 4 is 9.84 Å². The average molecular weight is 262 g/mol. The number of phenolic OH excluding ortho intramolecular Hbond substituents is 1. The largest absolute Gasteiger partial charge is 0.508 e. The van der Waals surface area contributed by atoms with Gasteiger partial charge in [0.2, 0.25) is 0 Å². The lowest BCUT2D eigenvalue weighted by molar-refractivity contribution is 0.475. The number of hydrogen-bond donors (Lipinski definition) is 1. The van der Waals surface area contributed by atoms with E-state index in [0.29, 0.717) is 10.5 Å². The number of hydrogen-bond acceptors (Lipinski definition) is 3. The van der Waals surface area contributed by atoms with Crippen LogP contribution in [-0.4, -0.2) is 13.5 Å². The Bertz CT molecular complexity index is 616. The van der Waals surface area contributed by atoms with Crippen molar-refractivity contribution in [1.82, 2.24) is 0 Å². The predicted molar refractivity (Wildman–Crippen MR) is 70.1 cm³/mol. The summed E-state index contributed by atoms with van der Waals surface area (Å²) in [5.74, 6) is 0.128. The van der Waals surface area contributed by atoms with Gasteiger partial charge in [0, 0.05) is 0 Å². The van der Waals surface area contributed by atoms with Gasteiger partial charge in [0.25, 0.3) is 0 Å². The molecular weight excluding hydrogens is 248 g/mol. The van der Waals surface area contributed by atoms with Gasteiger partial charge in [0.1, 0.15) is 5.75 Å². The van der Waals surface area contributed by atoms with Crippen molar-refractivity contribution in [2.75, 3.05) is 0 Å². The summed E-state index contributed by atoms with van der Waals surface area (Å²) >= 11 is 0. The normalized spacial score (nSPS) is 13.2. The summed E-state index contributed by atoms with van der Waals surface area (Å²) in [5, 5.41) is 8.57. The predicted octanol–water partition coefficient (Wildman–Crippen LogP) is 2.93. The molecule has 1 N–H and O–H groups in total. The molecule has 0 saturated carbocycles. The molecule has 0 spiro atoms. The lowest BCUT2D eigenvalue weighted by Crippen LogP contribution is -2.10. The smallest absolute Gasteiger partial charge is 0.185 e. The van der Waals surface area contributed by atoms with Gasteiger partial charge in [-0.1, -0.05) is 30.3 Å². The van der Waals surface area contributed by atoms with Gasteiger partial charge in [-0.15, -0.1) is 0 Å². The lowest BCUT2D eigenvalue weighted by Gasteiger charge is -2.13. The van der Waals surface area contributed by atoms with Crippen LogP contribution < -0.4 is 0 Å². The van der Waals surface area contributed by atoms with Crippen molar-refractivity contribution in [3.63, 3.8) is 0 Å². The number of benzene rings is 2. The molecule has 18 heavy (non-hydrogen) atoms. The second-order valence-electron chi connectivity index (χ2n) is 4.09. The summed E-state index contributed by atoms with van der Waals surface area (Å²) in [5.41, 5.74) is 0.664. The van der Waals surface area contributed by atoms with Crippen LogP contribution in [0, 0.1) is 0 Å². The zero-order chi connectivity index (χ0) is 13.2. The van der Waals surface area contributed by atoms with Crippen molar-refractivity contribution in [2.45, 2.75) is 17.1 Å². The second-order valence-corrected chi connectivity index (χ2v) is 6.36. The quantitative estimate of drug-likeness (QED) is 0.925. The molecule has 0 aromatic heterocycles. The highest BCUT2D eigenvalue weighted by Gasteiger charge is 2.24. The highest BCUT2D eigenvalue weighted by molar-refractivity contribution is 7.91. The van der Waals surface area contributed by atoms with Crippen LogP contribution in [0.25, 0.3) is 0 Å². The molecule has 3 nitrogen and oxygen atoms in total. The third-order valence-electron chi connectivity index (χ3n) is 2.90. The molecule has 0 bridgehead atoms. The summed E-state index contributed by atoms with van der Waals surface area (Å²) in [6, 6.07) is 14.6. The summed E-state index contributed by atoms with van der Waals surface area (Å²) < 4.78 is 24.7. The Hall–Kier alpha value is -1.81. The molecule has 0 aliphatic rings. The molecule has 0 saturated heterocycles. The van der Waals surface area contributed by atoms with E-state index in [-0.39, 0.29) is 5.75 Å². The number of phenols is 1. The second kappa shape index (κ2) is 4.82. The summed E-state index contributed by atoms with van der Waals surface area (Å²) in [4.78, 5) is 0.311. The fourth-order valence-electron chi connectivity index (χ4n) is 1.74. The fourth-order valence-corrected chi connectivity index (χ4v) is 3.20. The molecule has 4 heteroatoms. The molecule has 1 unspecified atom stereocenters. The molecule has 1 atom stereocenters. The molecule has 0 fully saturated rings. The van der Waals surface area contributed by atoms with Crippen LogP contribution in [0.4, 0.5) is 0 Å². The SMILES string of the molecule is CC(c1ccc(O)cc1)S(=O)(=O)c1ccccc1. The highest BCUT2D eigenvalue weighted by atomic mass is 32.2. The Morgan fingerprint density at radius 3 is 2.06 bits per heavy atom. The molecule has 0 aliphatic carbocycles. The Balaban J connectivity index is 2.39. The zero-order valence-electron chi connectivity index (χ0n) is 9.95. The minimum atomic E-state index is -3.39. The third kappa shape index (κ3) is 2.38. The minimum Gasteiger partial charge on any atom is -0.508 e. The van der Waals surface area contributed by atoms with E-state index in [2.05, 4.69) is 0 Å². The van der Waals surface area contributed by atoms with E-state index in [1.807, 2.05) is 0 Å². The van der Waals surface area contributed by atoms with Gasteiger partial charge in [-0.3, -0.25) is 0 Å². The van der Waals surface area contributed by atoms with E-state index in [4.69, 9.17) is 0 Å². The fraction of sp³-hybridized carbons (Fsp3) is 0.143. The minimum absolute atomic E-state index is 0.128. The maximum atomic E-state index is 12.4. The molecule has 2 aromatic rings. The van der Waals surface area contributed by atoms with E-state index in [1.54, 1.807) is 49.4 Å². The van der Waals surface area contributed by atoms with E-state index in [9.17, 15) is 13.5 Å². The summed E-state index contributed by atoms with van der Waals surface area (Å²) in [6.45, 7) is 1.65. The van der Waals surface area contributed by atoms with Crippen molar-refractivity contribution in [3.05, 3.63) is 60.2 Å². The van der Waals surface area contributed by atoms with E-state index < -0.39 is 15.1 Å². The van der Waals surface area contributed by atoms with Crippen LogP contribution in [0.5, 0.6) is 5.75 Å². The van der Waals surface area contributed by atoms with Crippen LogP contribution in [0.1, 0.15) is 17.7 Å². The van der Waals surface area contributed by atoms with E-state index >= 15 is 0 Å². The van der Waals surface area contributed by atoms with Crippen LogP contribution in [-0.2, 0) is 9.84 Å². The zero-order valence-corrected chi connectivity index (χ0v) is 10.8. The number of aromatic hydroxyl groups is 1. The van der Waals surface area contributed by atoms with Crippen molar-refractivity contribution < 1.29 is 13.5 Å². The lowest BCUT2D eigenvalue weighted by atomic mass is 10.2. The first-order chi connectivity index (χ1) is 8.51. The van der Waals surface area contributed by atoms with E-state index in [1.165, 1.54) is 12.1 Å². The van der Waals surface area contributed by atoms with Gasteiger partial charge >= 0.3 is 0 Å². The summed E-state index contributed by atoms with van der Waals surface area (Å²) in [6.07, 6.45) is 0. The van der Waals surface area contributed by atoms with Crippen LogP contribution >= 0.6 is 0 Å². The van der Waals surface area contributed by atoms with Crippen LogP contribution in [0.15, 0.2) is 59.5 Å². The highest BCUT2D eigenvalue weighted by Crippen LogP contribution is 2.28. The third-order valence-corrected chi connectivity index (χ3v) is 5.03. The average Bonchev–Trinajstić information content (AvgIpc) is 2.40. The standard InChI is InChI=1S/C14H14O3S/c1-11(12-7-9-13(15)10-8-12)18(16,17)14-5-3-2-4-6-14/h2-11,15H,1H3. The van der Waals surface area contributed by atoms with Crippen LogP contribution in [0.2, 0.25) is 0 Å². The van der Waals surface area contributed by atoms with Crippen LogP contribution in [0.3, 0.4) is 0 Å². The molecule has 94 valence electrons. The van der Waals surface area contributed by atoms with Crippen molar-refractivity contribution in [1.29, 1.82) is 0 Å². The Kier molecular flexibility index (Phi) is 3.39. The maximum Gasteiger partial charge on any atom is 0.185 e. The number of rotatable bonds is 3. The number of sulfone groups is 1. The first-order valence-corrected chi connectivity index (χ1v) is 7.14. The first kappa shape index (κ1) is 12.6. The maximum absolute atomic E-state index is 12.4. The molecule has 0 amide bonds. The molecular formula is C14H14O3S. The molecule has 0 radical (unpaired) electrons. The Labute approximate surface area is 107 Å². The van der Waals surface area contributed by atoms with Gasteiger partial charge in [0.15, 0.2) is 9.84 Å². The van der Waals surface area contributed by atoms with Gasteiger partial charge < -0.3 is 5.11 Å². The Morgan fingerprint density at radius 1 is 0.944 bits per heavy atom. The van der Waals surface area contributed by atoms with Gasteiger partial charge in [-0.2, -0.15) is 0 Å². The molecule has 2 aromatic carbocycles. The Morgan fingerprint density at radius 2 is 1.50 bits per heavy atom. The monoisotopic (exact) mass is 262 g/mol. The van der Waals surface area contributed by atoms with Gasteiger partial charge in [0.05, 0.1) is 10.1 Å². The van der Waals surface area contributed by atoms with Crippen molar-refractivity contribution in [3.8, 4) is 5.75 Å². The van der Waals surface area contributed by atoms with E-state index in [0.717, 1.165) is 0 Å². The molecule has 2 rings (SSSR count). The first-order valence-electron chi connectivity index (χ1n) is 5.59.